The zero-order chi connectivity index (χ0) is 13.2. The summed E-state index contributed by atoms with van der Waals surface area (Å²) in [4.78, 5) is 4.48. The van der Waals surface area contributed by atoms with Gasteiger partial charge in [-0.1, -0.05) is 29.4 Å². The van der Waals surface area contributed by atoms with E-state index in [9.17, 15) is 4.39 Å². The minimum atomic E-state index is -0.270. The summed E-state index contributed by atoms with van der Waals surface area (Å²) < 4.78 is 14.0. The molecule has 2 aromatic carbocycles. The summed E-state index contributed by atoms with van der Waals surface area (Å²) >= 11 is 1.41. The van der Waals surface area contributed by atoms with Crippen LogP contribution in [0.15, 0.2) is 47.6 Å². The van der Waals surface area contributed by atoms with Crippen molar-refractivity contribution in [1.29, 1.82) is 0 Å². The Labute approximate surface area is 112 Å². The maximum Gasteiger partial charge on any atom is 0.125 e. The summed E-state index contributed by atoms with van der Waals surface area (Å²) in [5.41, 5.74) is 2.39. The summed E-state index contributed by atoms with van der Waals surface area (Å²) in [6, 6.07) is 12.0. The van der Waals surface area contributed by atoms with Crippen LogP contribution in [0.4, 0.5) is 4.39 Å². The molecule has 0 amide bonds. The van der Waals surface area contributed by atoms with Crippen LogP contribution in [0.3, 0.4) is 0 Å². The van der Waals surface area contributed by atoms with Gasteiger partial charge >= 0.3 is 0 Å². The molecule has 19 heavy (non-hydrogen) atoms. The van der Waals surface area contributed by atoms with E-state index in [-0.39, 0.29) is 5.82 Å². The van der Waals surface area contributed by atoms with Gasteiger partial charge in [-0.3, -0.25) is 0 Å². The highest BCUT2D eigenvalue weighted by Gasteiger charge is 2.09. The minimum absolute atomic E-state index is 0.270. The number of halogens is 1. The molecule has 0 saturated heterocycles. The van der Waals surface area contributed by atoms with Crippen LogP contribution in [-0.4, -0.2) is 16.4 Å². The zero-order valence-electron chi connectivity index (χ0n) is 9.75. The van der Waals surface area contributed by atoms with Gasteiger partial charge in [0.05, 0.1) is 16.4 Å². The molecule has 94 valence electrons. The first kappa shape index (κ1) is 11.8. The first-order chi connectivity index (χ1) is 9.28. The molecular weight excluding hydrogens is 263 g/mol. The Kier molecular flexibility index (Phi) is 2.97. The van der Waals surface area contributed by atoms with Gasteiger partial charge in [-0.25, -0.2) is 9.37 Å². The molecular formula is C14H9FN2OS. The second-order valence-corrected chi connectivity index (χ2v) is 4.99. The Morgan fingerprint density at radius 1 is 1.21 bits per heavy atom. The summed E-state index contributed by atoms with van der Waals surface area (Å²) in [5.74, 6) is -0.270. The molecule has 3 aromatic rings. The molecule has 0 fully saturated rings. The lowest BCUT2D eigenvalue weighted by Crippen LogP contribution is -1.86. The highest BCUT2D eigenvalue weighted by atomic mass is 32.1. The molecule has 0 radical (unpaired) electrons. The van der Waals surface area contributed by atoms with E-state index in [1.165, 1.54) is 29.7 Å². The smallest absolute Gasteiger partial charge is 0.125 e. The Balaban J connectivity index is 2.19. The number of nitrogens with zero attached hydrogens (tertiary/aromatic N) is 2. The van der Waals surface area contributed by atoms with Crippen molar-refractivity contribution >= 4 is 27.8 Å². The fourth-order valence-corrected chi connectivity index (χ4v) is 2.92. The van der Waals surface area contributed by atoms with Crippen LogP contribution in [0.25, 0.3) is 20.8 Å². The van der Waals surface area contributed by atoms with Crippen molar-refractivity contribution in [2.24, 2.45) is 5.16 Å². The molecule has 1 N–H and O–H groups in total. The molecule has 0 atom stereocenters. The van der Waals surface area contributed by atoms with Crippen molar-refractivity contribution in [3.05, 3.63) is 53.8 Å². The lowest BCUT2D eigenvalue weighted by Gasteiger charge is -2.00. The molecule has 0 aliphatic heterocycles. The van der Waals surface area contributed by atoms with Crippen LogP contribution in [0.1, 0.15) is 5.56 Å². The molecule has 0 aliphatic carbocycles. The van der Waals surface area contributed by atoms with Gasteiger partial charge in [0.2, 0.25) is 0 Å². The molecule has 1 aromatic heterocycles. The van der Waals surface area contributed by atoms with Crippen LogP contribution < -0.4 is 0 Å². The van der Waals surface area contributed by atoms with Crippen LogP contribution >= 0.6 is 11.3 Å². The van der Waals surface area contributed by atoms with Crippen LogP contribution in [0, 0.1) is 5.82 Å². The summed E-state index contributed by atoms with van der Waals surface area (Å²) in [7, 11) is 0. The minimum Gasteiger partial charge on any atom is -0.411 e. The van der Waals surface area contributed by atoms with E-state index in [1.54, 1.807) is 6.07 Å². The standard InChI is InChI=1S/C14H9FN2OS/c15-10-5-6-12-13(7-10)19-14(17-12)11-4-2-1-3-9(11)8-16-18/h1-8,18H/b16-8-. The zero-order valence-corrected chi connectivity index (χ0v) is 10.6. The Morgan fingerprint density at radius 3 is 2.89 bits per heavy atom. The van der Waals surface area contributed by atoms with Crippen molar-refractivity contribution in [2.75, 3.05) is 0 Å². The average Bonchev–Trinajstić information content (AvgIpc) is 2.82. The average molecular weight is 272 g/mol. The van der Waals surface area contributed by atoms with Crippen LogP contribution in [0.5, 0.6) is 0 Å². The van der Waals surface area contributed by atoms with Gasteiger partial charge in [0.25, 0.3) is 0 Å². The maximum absolute atomic E-state index is 13.2. The normalized spacial score (nSPS) is 11.4. The van der Waals surface area contributed by atoms with Gasteiger partial charge < -0.3 is 5.21 Å². The third-order valence-corrected chi connectivity index (χ3v) is 3.79. The van der Waals surface area contributed by atoms with Crippen molar-refractivity contribution < 1.29 is 9.60 Å². The quantitative estimate of drug-likeness (QED) is 0.436. The maximum atomic E-state index is 13.2. The highest BCUT2D eigenvalue weighted by molar-refractivity contribution is 7.21. The van der Waals surface area contributed by atoms with Crippen LogP contribution in [-0.2, 0) is 0 Å². The predicted octanol–water partition coefficient (Wildman–Crippen LogP) is 3.91. The van der Waals surface area contributed by atoms with Gasteiger partial charge in [-0.2, -0.15) is 0 Å². The summed E-state index contributed by atoms with van der Waals surface area (Å²) in [5, 5.41) is 12.5. The van der Waals surface area contributed by atoms with Gasteiger partial charge in [-0.15, -0.1) is 11.3 Å². The predicted molar refractivity (Wildman–Crippen MR) is 74.4 cm³/mol. The Hall–Kier alpha value is -2.27. The van der Waals surface area contributed by atoms with Crippen molar-refractivity contribution in [3.8, 4) is 10.6 Å². The third kappa shape index (κ3) is 2.20. The SMILES string of the molecule is O/N=C\c1ccccc1-c1nc2ccc(F)cc2s1. The fourth-order valence-electron chi connectivity index (χ4n) is 1.88. The first-order valence-corrected chi connectivity index (χ1v) is 6.42. The third-order valence-electron chi connectivity index (χ3n) is 2.74. The number of oxime groups is 1. The molecule has 0 saturated carbocycles. The van der Waals surface area contributed by atoms with E-state index in [4.69, 9.17) is 5.21 Å². The molecule has 0 aliphatic rings. The largest absolute Gasteiger partial charge is 0.411 e. The first-order valence-electron chi connectivity index (χ1n) is 5.61. The Morgan fingerprint density at radius 2 is 2.05 bits per heavy atom. The van der Waals surface area contributed by atoms with E-state index < -0.39 is 0 Å². The number of fused-ring (bicyclic) bond motifs is 1. The molecule has 5 heteroatoms. The van der Waals surface area contributed by atoms with E-state index in [1.807, 2.05) is 24.3 Å². The molecule has 1 heterocycles. The van der Waals surface area contributed by atoms with Gasteiger partial charge in [0.15, 0.2) is 0 Å². The van der Waals surface area contributed by atoms with Crippen molar-refractivity contribution in [1.82, 2.24) is 4.98 Å². The molecule has 3 nitrogen and oxygen atoms in total. The summed E-state index contributed by atoms with van der Waals surface area (Å²) in [6.07, 6.45) is 1.36. The monoisotopic (exact) mass is 272 g/mol. The van der Waals surface area contributed by atoms with Gasteiger partial charge in [0.1, 0.15) is 10.8 Å². The lowest BCUT2D eigenvalue weighted by molar-refractivity contribution is 0.322. The topological polar surface area (TPSA) is 45.5 Å². The van der Waals surface area contributed by atoms with E-state index >= 15 is 0 Å². The number of thiazole rings is 1. The lowest BCUT2D eigenvalue weighted by atomic mass is 10.1. The molecule has 0 bridgehead atoms. The number of hydrogen-bond acceptors (Lipinski definition) is 4. The number of rotatable bonds is 2. The van der Waals surface area contributed by atoms with E-state index in [0.29, 0.717) is 0 Å². The van der Waals surface area contributed by atoms with Crippen molar-refractivity contribution in [3.63, 3.8) is 0 Å². The summed E-state index contributed by atoms with van der Waals surface area (Å²) in [6.45, 7) is 0. The van der Waals surface area contributed by atoms with Crippen LogP contribution in [0.2, 0.25) is 0 Å². The molecule has 0 spiro atoms. The fraction of sp³-hybridized carbons (Fsp3) is 0. The van der Waals surface area contributed by atoms with Crippen molar-refractivity contribution in [2.45, 2.75) is 0 Å². The highest BCUT2D eigenvalue weighted by Crippen LogP contribution is 2.31. The Bertz CT molecular complexity index is 767. The second-order valence-electron chi connectivity index (χ2n) is 3.96. The van der Waals surface area contributed by atoms with E-state index in [0.717, 1.165) is 26.4 Å². The molecule has 0 unspecified atom stereocenters. The molecule has 3 rings (SSSR count). The van der Waals surface area contributed by atoms with Gasteiger partial charge in [-0.05, 0) is 18.2 Å². The van der Waals surface area contributed by atoms with E-state index in [2.05, 4.69) is 10.1 Å². The van der Waals surface area contributed by atoms with Gasteiger partial charge in [0, 0.05) is 11.1 Å². The second kappa shape index (κ2) is 4.78. The number of hydrogen-bond donors (Lipinski definition) is 1. The number of aromatic nitrogens is 1. The number of benzene rings is 2.